The van der Waals surface area contributed by atoms with E-state index in [4.69, 9.17) is 4.74 Å². The highest BCUT2D eigenvalue weighted by Gasteiger charge is 2.27. The number of sulfonamides is 1. The van der Waals surface area contributed by atoms with Gasteiger partial charge in [0.2, 0.25) is 21.8 Å². The van der Waals surface area contributed by atoms with Crippen LogP contribution in [0.4, 0.5) is 5.69 Å². The second-order valence-corrected chi connectivity index (χ2v) is 11.6. The fraction of sp³-hybridized carbons (Fsp3) is 0.462. The summed E-state index contributed by atoms with van der Waals surface area (Å²) in [6.45, 7) is 6.03. The minimum Gasteiger partial charge on any atom is -0.497 e. The van der Waals surface area contributed by atoms with Crippen LogP contribution in [0.25, 0.3) is 0 Å². The van der Waals surface area contributed by atoms with E-state index in [1.165, 1.54) is 4.31 Å². The minimum absolute atomic E-state index is 0.00241. The Morgan fingerprint density at radius 3 is 2.19 bits per heavy atom. The molecule has 0 heterocycles. The lowest BCUT2D eigenvalue weighted by Gasteiger charge is -2.30. The van der Waals surface area contributed by atoms with Gasteiger partial charge in [-0.2, -0.15) is 0 Å². The zero-order valence-corrected chi connectivity index (χ0v) is 23.9. The summed E-state index contributed by atoms with van der Waals surface area (Å²) in [7, 11) is -2.01. The van der Waals surface area contributed by atoms with Crippen molar-refractivity contribution in [1.82, 2.24) is 10.2 Å². The molecular weight excluding hydrogens is 546 g/mol. The van der Waals surface area contributed by atoms with E-state index in [1.54, 1.807) is 43.2 Å². The number of nitrogens with one attached hydrogen (secondary N) is 1. The quantitative estimate of drug-likeness (QED) is 0.379. The number of carbonyl (C=O) groups is 2. The first-order chi connectivity index (χ1) is 17.0. The molecule has 0 saturated carbocycles. The van der Waals surface area contributed by atoms with E-state index in [0.717, 1.165) is 22.7 Å². The van der Waals surface area contributed by atoms with Crippen molar-refractivity contribution in [2.75, 3.05) is 24.2 Å². The molecule has 0 aliphatic rings. The van der Waals surface area contributed by atoms with Gasteiger partial charge >= 0.3 is 0 Å². The Kier molecular flexibility index (Phi) is 11.2. The smallest absolute Gasteiger partial charge is 0.242 e. The fourth-order valence-corrected chi connectivity index (χ4v) is 4.82. The first-order valence-electron chi connectivity index (χ1n) is 11.9. The number of hydrogen-bond donors (Lipinski definition) is 1. The highest BCUT2D eigenvalue weighted by molar-refractivity contribution is 9.10. The topological polar surface area (TPSA) is 96.0 Å². The minimum atomic E-state index is -3.56. The molecule has 2 aromatic rings. The molecule has 2 amide bonds. The Bertz CT molecular complexity index is 1110. The number of hydrogen-bond acceptors (Lipinski definition) is 5. The second-order valence-electron chi connectivity index (χ2n) is 8.78. The number of amides is 2. The molecule has 36 heavy (non-hydrogen) atoms. The van der Waals surface area contributed by atoms with Crippen molar-refractivity contribution in [3.8, 4) is 5.75 Å². The number of benzene rings is 2. The highest BCUT2D eigenvalue weighted by Crippen LogP contribution is 2.22. The Morgan fingerprint density at radius 2 is 1.67 bits per heavy atom. The van der Waals surface area contributed by atoms with Gasteiger partial charge in [0.1, 0.15) is 11.8 Å². The lowest BCUT2D eigenvalue weighted by atomic mass is 10.1. The van der Waals surface area contributed by atoms with Gasteiger partial charge < -0.3 is 15.0 Å². The molecule has 2 atom stereocenters. The molecule has 0 radical (unpaired) electrons. The monoisotopic (exact) mass is 581 g/mol. The summed E-state index contributed by atoms with van der Waals surface area (Å²) in [5.74, 6) is 0.189. The first kappa shape index (κ1) is 29.6. The SMILES string of the molecule is CC[C@H](C)NC(=O)[C@@H](C)N(Cc1ccc(Br)cc1)C(=O)CCCN(c1ccc(OC)cc1)S(C)(=O)=O. The third-order valence-corrected chi connectivity index (χ3v) is 7.67. The van der Waals surface area contributed by atoms with Crippen LogP contribution in [0.15, 0.2) is 53.0 Å². The second kappa shape index (κ2) is 13.6. The molecule has 198 valence electrons. The van der Waals surface area contributed by atoms with E-state index in [0.29, 0.717) is 17.9 Å². The lowest BCUT2D eigenvalue weighted by molar-refractivity contribution is -0.140. The van der Waals surface area contributed by atoms with E-state index < -0.39 is 16.1 Å². The van der Waals surface area contributed by atoms with Gasteiger partial charge in [0, 0.05) is 30.0 Å². The van der Waals surface area contributed by atoms with Gasteiger partial charge in [-0.05, 0) is 68.7 Å². The van der Waals surface area contributed by atoms with Crippen molar-refractivity contribution >= 4 is 43.5 Å². The number of methoxy groups -OCH3 is 1. The maximum atomic E-state index is 13.3. The first-order valence-corrected chi connectivity index (χ1v) is 14.6. The molecule has 0 saturated heterocycles. The van der Waals surface area contributed by atoms with Crippen LogP contribution >= 0.6 is 15.9 Å². The zero-order chi connectivity index (χ0) is 26.9. The molecule has 10 heteroatoms. The summed E-state index contributed by atoms with van der Waals surface area (Å²) < 4.78 is 32.2. The molecule has 0 aromatic heterocycles. The number of carbonyl (C=O) groups excluding carboxylic acids is 2. The summed E-state index contributed by atoms with van der Waals surface area (Å²) in [4.78, 5) is 27.7. The Balaban J connectivity index is 2.16. The summed E-state index contributed by atoms with van der Waals surface area (Å²) in [6, 6.07) is 13.6. The third-order valence-electron chi connectivity index (χ3n) is 5.95. The Hall–Kier alpha value is -2.59. The van der Waals surface area contributed by atoms with Gasteiger partial charge in [-0.25, -0.2) is 8.42 Å². The van der Waals surface area contributed by atoms with Crippen molar-refractivity contribution in [2.45, 2.75) is 58.7 Å². The molecule has 2 aromatic carbocycles. The van der Waals surface area contributed by atoms with E-state index in [2.05, 4.69) is 21.2 Å². The molecule has 8 nitrogen and oxygen atoms in total. The van der Waals surface area contributed by atoms with Gasteiger partial charge in [0.05, 0.1) is 19.1 Å². The van der Waals surface area contributed by atoms with Gasteiger partial charge in [-0.3, -0.25) is 13.9 Å². The summed E-state index contributed by atoms with van der Waals surface area (Å²) >= 11 is 3.41. The van der Waals surface area contributed by atoms with Crippen LogP contribution < -0.4 is 14.4 Å². The van der Waals surface area contributed by atoms with Crippen LogP contribution in [0.2, 0.25) is 0 Å². The van der Waals surface area contributed by atoms with Crippen LogP contribution in [0.5, 0.6) is 5.75 Å². The molecule has 0 aliphatic carbocycles. The molecule has 0 bridgehead atoms. The summed E-state index contributed by atoms with van der Waals surface area (Å²) in [5, 5.41) is 2.95. The summed E-state index contributed by atoms with van der Waals surface area (Å²) in [5.41, 5.74) is 1.39. The standard InChI is InChI=1S/C26H36BrN3O5S/c1-6-19(2)28-26(32)20(3)29(18-21-9-11-22(27)12-10-21)25(31)8-7-17-30(36(5,33)34)23-13-15-24(35-4)16-14-23/h9-16,19-20H,6-8,17-18H2,1-5H3,(H,28,32)/t19-,20+/m0/s1. The normalized spacial score (nSPS) is 12.9. The number of rotatable bonds is 13. The van der Waals surface area contributed by atoms with Crippen molar-refractivity contribution in [2.24, 2.45) is 0 Å². The molecule has 0 fully saturated rings. The van der Waals surface area contributed by atoms with Crippen LogP contribution in [0, 0.1) is 0 Å². The van der Waals surface area contributed by atoms with E-state index >= 15 is 0 Å². The highest BCUT2D eigenvalue weighted by atomic mass is 79.9. The molecular formula is C26H36BrN3O5S. The number of anilines is 1. The number of ether oxygens (including phenoxy) is 1. The van der Waals surface area contributed by atoms with Crippen molar-refractivity contribution < 1.29 is 22.7 Å². The maximum absolute atomic E-state index is 13.3. The van der Waals surface area contributed by atoms with Gasteiger partial charge in [-0.15, -0.1) is 0 Å². The van der Waals surface area contributed by atoms with E-state index in [-0.39, 0.29) is 37.4 Å². The fourth-order valence-electron chi connectivity index (χ4n) is 3.59. The number of halogens is 1. The van der Waals surface area contributed by atoms with Crippen molar-refractivity contribution in [3.63, 3.8) is 0 Å². The number of nitrogens with zero attached hydrogens (tertiary/aromatic N) is 2. The molecule has 0 unspecified atom stereocenters. The van der Waals surface area contributed by atoms with Crippen molar-refractivity contribution in [1.29, 1.82) is 0 Å². The van der Waals surface area contributed by atoms with Crippen LogP contribution in [0.1, 0.15) is 45.6 Å². The molecule has 2 rings (SSSR count). The lowest BCUT2D eigenvalue weighted by Crippen LogP contribution is -2.49. The third kappa shape index (κ3) is 8.81. The predicted octanol–water partition coefficient (Wildman–Crippen LogP) is 4.34. The zero-order valence-electron chi connectivity index (χ0n) is 21.5. The van der Waals surface area contributed by atoms with Crippen LogP contribution in [0.3, 0.4) is 0 Å². The van der Waals surface area contributed by atoms with E-state index in [1.807, 2.05) is 38.1 Å². The van der Waals surface area contributed by atoms with Crippen LogP contribution in [-0.4, -0.2) is 57.1 Å². The average molecular weight is 583 g/mol. The van der Waals surface area contributed by atoms with Gasteiger partial charge in [0.25, 0.3) is 0 Å². The Labute approximate surface area is 223 Å². The largest absolute Gasteiger partial charge is 0.497 e. The van der Waals surface area contributed by atoms with Crippen molar-refractivity contribution in [3.05, 3.63) is 58.6 Å². The predicted molar refractivity (Wildman–Crippen MR) is 146 cm³/mol. The molecule has 1 N–H and O–H groups in total. The summed E-state index contributed by atoms with van der Waals surface area (Å²) in [6.07, 6.45) is 2.32. The molecule has 0 aliphatic heterocycles. The Morgan fingerprint density at radius 1 is 1.06 bits per heavy atom. The van der Waals surface area contributed by atoms with Gasteiger partial charge in [0.15, 0.2) is 0 Å². The van der Waals surface area contributed by atoms with Gasteiger partial charge in [-0.1, -0.05) is 35.0 Å². The maximum Gasteiger partial charge on any atom is 0.242 e. The van der Waals surface area contributed by atoms with Crippen LogP contribution in [-0.2, 0) is 26.2 Å². The average Bonchev–Trinajstić information content (AvgIpc) is 2.85. The molecule has 0 spiro atoms. The van der Waals surface area contributed by atoms with E-state index in [9.17, 15) is 18.0 Å².